The molecule has 1 amide bonds. The number of rotatable bonds is 6. The molecule has 0 bridgehead atoms. The van der Waals surface area contributed by atoms with Crippen molar-refractivity contribution < 1.29 is 4.79 Å². The molecule has 2 rings (SSSR count). The van der Waals surface area contributed by atoms with E-state index < -0.39 is 0 Å². The van der Waals surface area contributed by atoms with Gasteiger partial charge in [-0.2, -0.15) is 0 Å². The van der Waals surface area contributed by atoms with Crippen LogP contribution in [0.3, 0.4) is 0 Å². The molecule has 0 spiro atoms. The van der Waals surface area contributed by atoms with E-state index in [1.165, 1.54) is 0 Å². The van der Waals surface area contributed by atoms with Crippen LogP contribution in [0.1, 0.15) is 26.7 Å². The van der Waals surface area contributed by atoms with Crippen LogP contribution in [-0.2, 0) is 4.79 Å². The fraction of sp³-hybridized carbons (Fsp3) is 0.667. The number of anilines is 1. The lowest BCUT2D eigenvalue weighted by atomic mass is 10.0. The first-order valence-corrected chi connectivity index (χ1v) is 7.73. The highest BCUT2D eigenvalue weighted by Gasteiger charge is 2.23. The number of carbonyl (C=O) groups is 1. The van der Waals surface area contributed by atoms with Gasteiger partial charge in [-0.05, 0) is 25.5 Å². The smallest absolute Gasteiger partial charge is 0.225 e. The first-order valence-electron chi connectivity index (χ1n) is 7.73. The molecular formula is C15H25N5O. The molecule has 0 aromatic carbocycles. The maximum Gasteiger partial charge on any atom is 0.225 e. The van der Waals surface area contributed by atoms with E-state index in [-0.39, 0.29) is 17.9 Å². The van der Waals surface area contributed by atoms with Gasteiger partial charge in [0, 0.05) is 44.0 Å². The quantitative estimate of drug-likeness (QED) is 0.811. The Bertz CT molecular complexity index is 431. The number of nitrogens with zero attached hydrogens (tertiary/aromatic N) is 3. The summed E-state index contributed by atoms with van der Waals surface area (Å²) in [6, 6.07) is 2.09. The predicted octanol–water partition coefficient (Wildman–Crippen LogP) is 0.807. The molecule has 116 valence electrons. The van der Waals surface area contributed by atoms with Crippen LogP contribution in [0, 0.1) is 5.92 Å². The highest BCUT2D eigenvalue weighted by molar-refractivity contribution is 5.78. The zero-order chi connectivity index (χ0) is 15.1. The summed E-state index contributed by atoms with van der Waals surface area (Å²) in [5, 5.41) is 6.36. The molecule has 1 unspecified atom stereocenters. The Morgan fingerprint density at radius 2 is 2.05 bits per heavy atom. The van der Waals surface area contributed by atoms with E-state index in [0.29, 0.717) is 0 Å². The van der Waals surface area contributed by atoms with Crippen molar-refractivity contribution in [2.24, 2.45) is 5.92 Å². The standard InChI is InChI=1S/C15H25N5O/c1-3-16-11-12(2)14(21)19-13-5-9-20(10-6-13)15-17-7-4-8-18-15/h4,7-8,12-13,16H,3,5-6,9-11H2,1-2H3,(H,19,21). The Labute approximate surface area is 126 Å². The molecule has 1 atom stereocenters. The summed E-state index contributed by atoms with van der Waals surface area (Å²) < 4.78 is 0. The minimum Gasteiger partial charge on any atom is -0.353 e. The van der Waals surface area contributed by atoms with Crippen molar-refractivity contribution in [2.45, 2.75) is 32.7 Å². The van der Waals surface area contributed by atoms with Gasteiger partial charge in [-0.3, -0.25) is 4.79 Å². The molecule has 2 N–H and O–H groups in total. The van der Waals surface area contributed by atoms with Gasteiger partial charge in [-0.25, -0.2) is 9.97 Å². The van der Waals surface area contributed by atoms with E-state index in [1.807, 2.05) is 19.9 Å². The molecule has 1 aliphatic heterocycles. The fourth-order valence-corrected chi connectivity index (χ4v) is 2.48. The molecular weight excluding hydrogens is 266 g/mol. The second-order valence-corrected chi connectivity index (χ2v) is 5.53. The van der Waals surface area contributed by atoms with Crippen LogP contribution in [0.15, 0.2) is 18.5 Å². The molecule has 1 fully saturated rings. The van der Waals surface area contributed by atoms with E-state index in [4.69, 9.17) is 0 Å². The maximum absolute atomic E-state index is 12.1. The monoisotopic (exact) mass is 291 g/mol. The van der Waals surface area contributed by atoms with Gasteiger partial charge in [0.25, 0.3) is 0 Å². The molecule has 6 heteroatoms. The zero-order valence-electron chi connectivity index (χ0n) is 12.9. The van der Waals surface area contributed by atoms with Crippen molar-refractivity contribution in [3.05, 3.63) is 18.5 Å². The number of piperidine rings is 1. The number of nitrogens with one attached hydrogen (secondary N) is 2. The third-order valence-corrected chi connectivity index (χ3v) is 3.82. The molecule has 21 heavy (non-hydrogen) atoms. The van der Waals surface area contributed by atoms with Crippen molar-refractivity contribution in [1.29, 1.82) is 0 Å². The summed E-state index contributed by atoms with van der Waals surface area (Å²) >= 11 is 0. The number of amides is 1. The molecule has 1 aromatic rings. The van der Waals surface area contributed by atoms with Crippen LogP contribution in [-0.4, -0.2) is 48.1 Å². The van der Waals surface area contributed by atoms with E-state index >= 15 is 0 Å². The molecule has 1 aliphatic rings. The average Bonchev–Trinajstić information content (AvgIpc) is 2.54. The third kappa shape index (κ3) is 4.67. The maximum atomic E-state index is 12.1. The first-order chi connectivity index (χ1) is 10.2. The van der Waals surface area contributed by atoms with Crippen LogP contribution < -0.4 is 15.5 Å². The Morgan fingerprint density at radius 3 is 2.67 bits per heavy atom. The van der Waals surface area contributed by atoms with Gasteiger partial charge in [-0.15, -0.1) is 0 Å². The highest BCUT2D eigenvalue weighted by atomic mass is 16.1. The third-order valence-electron chi connectivity index (χ3n) is 3.82. The predicted molar refractivity (Wildman–Crippen MR) is 83.1 cm³/mol. The van der Waals surface area contributed by atoms with E-state index in [2.05, 4.69) is 25.5 Å². The number of hydrogen-bond donors (Lipinski definition) is 2. The summed E-state index contributed by atoms with van der Waals surface area (Å²) in [7, 11) is 0. The fourth-order valence-electron chi connectivity index (χ4n) is 2.48. The molecule has 0 saturated carbocycles. The highest BCUT2D eigenvalue weighted by Crippen LogP contribution is 2.15. The Morgan fingerprint density at radius 1 is 1.38 bits per heavy atom. The molecule has 1 aromatic heterocycles. The second kappa shape index (κ2) is 7.93. The lowest BCUT2D eigenvalue weighted by molar-refractivity contribution is -0.125. The van der Waals surface area contributed by atoms with E-state index in [1.54, 1.807) is 12.4 Å². The zero-order valence-corrected chi connectivity index (χ0v) is 12.9. The Kier molecular flexibility index (Phi) is 5.92. The summed E-state index contributed by atoms with van der Waals surface area (Å²) in [5.74, 6) is 0.939. The van der Waals surface area contributed by atoms with Crippen molar-refractivity contribution in [3.8, 4) is 0 Å². The van der Waals surface area contributed by atoms with E-state index in [0.717, 1.165) is 45.0 Å². The van der Waals surface area contributed by atoms with Gasteiger partial charge in [-0.1, -0.05) is 13.8 Å². The van der Waals surface area contributed by atoms with Crippen molar-refractivity contribution in [1.82, 2.24) is 20.6 Å². The van der Waals surface area contributed by atoms with Gasteiger partial charge in [0.2, 0.25) is 11.9 Å². The normalized spacial score (nSPS) is 17.5. The Hall–Kier alpha value is -1.69. The molecule has 0 aliphatic carbocycles. The van der Waals surface area contributed by atoms with Gasteiger partial charge >= 0.3 is 0 Å². The van der Waals surface area contributed by atoms with Crippen LogP contribution >= 0.6 is 0 Å². The molecule has 1 saturated heterocycles. The van der Waals surface area contributed by atoms with Crippen LogP contribution in [0.25, 0.3) is 0 Å². The summed E-state index contributed by atoms with van der Waals surface area (Å²) in [6.45, 7) is 7.41. The van der Waals surface area contributed by atoms with Crippen LogP contribution in [0.2, 0.25) is 0 Å². The number of hydrogen-bond acceptors (Lipinski definition) is 5. The average molecular weight is 291 g/mol. The van der Waals surface area contributed by atoms with Crippen molar-refractivity contribution in [2.75, 3.05) is 31.1 Å². The Balaban J connectivity index is 1.75. The van der Waals surface area contributed by atoms with Crippen molar-refractivity contribution >= 4 is 11.9 Å². The van der Waals surface area contributed by atoms with Crippen LogP contribution in [0.4, 0.5) is 5.95 Å². The lowest BCUT2D eigenvalue weighted by Gasteiger charge is -2.32. The van der Waals surface area contributed by atoms with Gasteiger partial charge in [0.05, 0.1) is 0 Å². The molecule has 0 radical (unpaired) electrons. The van der Waals surface area contributed by atoms with Gasteiger partial charge in [0.1, 0.15) is 0 Å². The van der Waals surface area contributed by atoms with Crippen LogP contribution in [0.5, 0.6) is 0 Å². The van der Waals surface area contributed by atoms with Gasteiger partial charge in [0.15, 0.2) is 0 Å². The lowest BCUT2D eigenvalue weighted by Crippen LogP contribution is -2.47. The summed E-state index contributed by atoms with van der Waals surface area (Å²) in [6.07, 6.45) is 5.41. The molecule has 6 nitrogen and oxygen atoms in total. The molecule has 2 heterocycles. The van der Waals surface area contributed by atoms with E-state index in [9.17, 15) is 4.79 Å². The SMILES string of the molecule is CCNCC(C)C(=O)NC1CCN(c2ncccn2)CC1. The largest absolute Gasteiger partial charge is 0.353 e. The first kappa shape index (κ1) is 15.7. The topological polar surface area (TPSA) is 70.2 Å². The van der Waals surface area contributed by atoms with Crippen molar-refractivity contribution in [3.63, 3.8) is 0 Å². The minimum absolute atomic E-state index is 0.0143. The summed E-state index contributed by atoms with van der Waals surface area (Å²) in [5.41, 5.74) is 0. The number of aromatic nitrogens is 2. The summed E-state index contributed by atoms with van der Waals surface area (Å²) in [4.78, 5) is 22.8. The second-order valence-electron chi connectivity index (χ2n) is 5.53. The minimum atomic E-state index is 0.0143. The van der Waals surface area contributed by atoms with Gasteiger partial charge < -0.3 is 15.5 Å². The number of carbonyl (C=O) groups excluding carboxylic acids is 1.